The van der Waals surface area contributed by atoms with Crippen LogP contribution in [0.4, 0.5) is 0 Å². The molecule has 0 atom stereocenters. The number of hydrogen-bond acceptors (Lipinski definition) is 3. The number of hydrogen-bond donors (Lipinski definition) is 1. The Labute approximate surface area is 116 Å². The molecule has 2 aromatic rings. The lowest BCUT2D eigenvalue weighted by Crippen LogP contribution is -2.16. The van der Waals surface area contributed by atoms with Gasteiger partial charge in [-0.2, -0.15) is 0 Å². The highest BCUT2D eigenvalue weighted by atomic mass is 79.9. The van der Waals surface area contributed by atoms with Crippen LogP contribution in [0.15, 0.2) is 33.3 Å². The van der Waals surface area contributed by atoms with Gasteiger partial charge < -0.3 is 9.73 Å². The van der Waals surface area contributed by atoms with E-state index in [0.29, 0.717) is 0 Å². The van der Waals surface area contributed by atoms with Crippen LogP contribution in [-0.4, -0.2) is 18.1 Å². The molecule has 0 fully saturated rings. The molecule has 4 heteroatoms. The summed E-state index contributed by atoms with van der Waals surface area (Å²) in [5, 5.41) is 3.26. The molecule has 96 valence electrons. The largest absolute Gasteiger partial charge is 0.441 e. The number of halogens is 1. The Bertz CT molecular complexity index is 502. The van der Waals surface area contributed by atoms with Crippen LogP contribution >= 0.6 is 15.9 Å². The minimum Gasteiger partial charge on any atom is -0.441 e. The quantitative estimate of drug-likeness (QED) is 0.858. The van der Waals surface area contributed by atoms with E-state index in [1.807, 2.05) is 6.07 Å². The highest BCUT2D eigenvalue weighted by molar-refractivity contribution is 9.10. The van der Waals surface area contributed by atoms with Gasteiger partial charge in [0.1, 0.15) is 0 Å². The molecule has 1 heterocycles. The van der Waals surface area contributed by atoms with Crippen LogP contribution in [-0.2, 0) is 6.42 Å². The van der Waals surface area contributed by atoms with Gasteiger partial charge in [-0.25, -0.2) is 4.98 Å². The van der Waals surface area contributed by atoms with E-state index in [2.05, 4.69) is 52.2 Å². The van der Waals surface area contributed by atoms with E-state index >= 15 is 0 Å². The smallest absolute Gasteiger partial charge is 0.196 e. The van der Waals surface area contributed by atoms with Gasteiger partial charge in [0, 0.05) is 23.0 Å². The van der Waals surface area contributed by atoms with E-state index in [9.17, 15) is 0 Å². The van der Waals surface area contributed by atoms with Crippen molar-refractivity contribution >= 4 is 15.9 Å². The molecule has 0 radical (unpaired) electrons. The Hall–Kier alpha value is -1.13. The molecule has 0 aliphatic heterocycles. The second-order valence-electron chi connectivity index (χ2n) is 4.24. The maximum Gasteiger partial charge on any atom is 0.196 e. The van der Waals surface area contributed by atoms with Crippen molar-refractivity contribution in [3.8, 4) is 11.3 Å². The minimum atomic E-state index is 0.781. The molecule has 0 unspecified atom stereocenters. The molecule has 0 saturated carbocycles. The fraction of sp³-hybridized carbons (Fsp3) is 0.357. The number of aryl methyl sites for hydroxylation is 1. The Kier molecular flexibility index (Phi) is 4.55. The first-order chi connectivity index (χ1) is 8.69. The molecule has 0 amide bonds. The molecule has 3 nitrogen and oxygen atoms in total. The highest BCUT2D eigenvalue weighted by Crippen LogP contribution is 2.25. The number of nitrogens with zero attached hydrogens (tertiary/aromatic N) is 1. The normalized spacial score (nSPS) is 10.8. The van der Waals surface area contributed by atoms with Gasteiger partial charge in [0.15, 0.2) is 11.7 Å². The average molecular weight is 309 g/mol. The number of nitrogens with one attached hydrogen (secondary N) is 1. The maximum absolute atomic E-state index is 5.75. The van der Waals surface area contributed by atoms with Crippen LogP contribution in [0, 0.1) is 6.92 Å². The number of likely N-dealkylation sites (N-methyl/N-ethyl adjacent to an activating group) is 1. The number of aromatic nitrogens is 1. The van der Waals surface area contributed by atoms with Crippen LogP contribution in [0.1, 0.15) is 18.4 Å². The minimum absolute atomic E-state index is 0.781. The monoisotopic (exact) mass is 308 g/mol. The maximum atomic E-state index is 5.75. The fourth-order valence-corrected chi connectivity index (χ4v) is 2.42. The summed E-state index contributed by atoms with van der Waals surface area (Å²) in [7, 11) is 0. The molecule has 1 aromatic heterocycles. The summed E-state index contributed by atoms with van der Waals surface area (Å²) in [6.45, 7) is 6.02. The van der Waals surface area contributed by atoms with Crippen molar-refractivity contribution in [1.82, 2.24) is 10.3 Å². The van der Waals surface area contributed by atoms with E-state index < -0.39 is 0 Å². The second kappa shape index (κ2) is 6.16. The van der Waals surface area contributed by atoms with Gasteiger partial charge in [0.25, 0.3) is 0 Å². The van der Waals surface area contributed by atoms with Gasteiger partial charge in [0.2, 0.25) is 0 Å². The first kappa shape index (κ1) is 13.3. The summed E-state index contributed by atoms with van der Waals surface area (Å²) in [5.41, 5.74) is 2.26. The van der Waals surface area contributed by atoms with Crippen LogP contribution in [0.5, 0.6) is 0 Å². The lowest BCUT2D eigenvalue weighted by atomic mass is 10.1. The summed E-state index contributed by atoms with van der Waals surface area (Å²) in [6.07, 6.45) is 2.61. The first-order valence-corrected chi connectivity index (χ1v) is 6.91. The zero-order chi connectivity index (χ0) is 13.0. The van der Waals surface area contributed by atoms with E-state index in [-0.39, 0.29) is 0 Å². The van der Waals surface area contributed by atoms with Gasteiger partial charge in [-0.05, 0) is 37.2 Å². The topological polar surface area (TPSA) is 38.1 Å². The SMILES string of the molecule is CCNCCc1ncc(-c2cc(C)cc(Br)c2)o1. The molecule has 1 N–H and O–H groups in total. The fourth-order valence-electron chi connectivity index (χ4n) is 1.81. The summed E-state index contributed by atoms with van der Waals surface area (Å²) < 4.78 is 6.81. The zero-order valence-electron chi connectivity index (χ0n) is 10.7. The van der Waals surface area contributed by atoms with Gasteiger partial charge in [-0.1, -0.05) is 22.9 Å². The van der Waals surface area contributed by atoms with Crippen molar-refractivity contribution in [2.24, 2.45) is 0 Å². The van der Waals surface area contributed by atoms with Crippen LogP contribution in [0.3, 0.4) is 0 Å². The lowest BCUT2D eigenvalue weighted by Gasteiger charge is -2.00. The number of oxazole rings is 1. The zero-order valence-corrected chi connectivity index (χ0v) is 12.3. The summed E-state index contributed by atoms with van der Waals surface area (Å²) in [4.78, 5) is 4.30. The summed E-state index contributed by atoms with van der Waals surface area (Å²) >= 11 is 3.50. The molecule has 2 rings (SSSR count). The molecule has 0 aliphatic carbocycles. The van der Waals surface area contributed by atoms with Crippen LogP contribution in [0.25, 0.3) is 11.3 Å². The third-order valence-electron chi connectivity index (χ3n) is 2.65. The van der Waals surface area contributed by atoms with Crippen molar-refractivity contribution in [3.63, 3.8) is 0 Å². The van der Waals surface area contributed by atoms with E-state index in [4.69, 9.17) is 4.42 Å². The van der Waals surface area contributed by atoms with Crippen molar-refractivity contribution in [1.29, 1.82) is 0 Å². The van der Waals surface area contributed by atoms with Gasteiger partial charge in [0.05, 0.1) is 6.20 Å². The lowest BCUT2D eigenvalue weighted by molar-refractivity contribution is 0.497. The van der Waals surface area contributed by atoms with E-state index in [1.54, 1.807) is 6.20 Å². The molecule has 0 aliphatic rings. The summed E-state index contributed by atoms with van der Waals surface area (Å²) in [5.74, 6) is 1.61. The summed E-state index contributed by atoms with van der Waals surface area (Å²) in [6, 6.07) is 6.22. The van der Waals surface area contributed by atoms with E-state index in [1.165, 1.54) is 5.56 Å². The Morgan fingerprint density at radius 2 is 2.17 bits per heavy atom. The molecule has 0 saturated heterocycles. The van der Waals surface area contributed by atoms with Crippen molar-refractivity contribution in [2.45, 2.75) is 20.3 Å². The Balaban J connectivity index is 2.13. The second-order valence-corrected chi connectivity index (χ2v) is 5.15. The predicted octanol–water partition coefficient (Wildman–Crippen LogP) is 3.56. The molecule has 0 spiro atoms. The Morgan fingerprint density at radius 3 is 2.89 bits per heavy atom. The van der Waals surface area contributed by atoms with Crippen molar-refractivity contribution < 1.29 is 4.42 Å². The van der Waals surface area contributed by atoms with Crippen molar-refractivity contribution in [3.05, 3.63) is 40.3 Å². The molecular formula is C14H17BrN2O. The van der Waals surface area contributed by atoms with Crippen LogP contribution in [0.2, 0.25) is 0 Å². The molecule has 1 aromatic carbocycles. The van der Waals surface area contributed by atoms with E-state index in [0.717, 1.165) is 41.2 Å². The van der Waals surface area contributed by atoms with Gasteiger partial charge in [-0.15, -0.1) is 0 Å². The standard InChI is InChI=1S/C14H17BrN2O/c1-3-16-5-4-14-17-9-13(18-14)11-6-10(2)7-12(15)8-11/h6-9,16H,3-5H2,1-2H3. The Morgan fingerprint density at radius 1 is 1.33 bits per heavy atom. The van der Waals surface area contributed by atoms with Gasteiger partial charge >= 0.3 is 0 Å². The van der Waals surface area contributed by atoms with Crippen molar-refractivity contribution in [2.75, 3.05) is 13.1 Å². The average Bonchev–Trinajstić information content (AvgIpc) is 2.77. The molecule has 0 bridgehead atoms. The third-order valence-corrected chi connectivity index (χ3v) is 3.10. The first-order valence-electron chi connectivity index (χ1n) is 6.12. The number of rotatable bonds is 5. The molecule has 18 heavy (non-hydrogen) atoms. The third kappa shape index (κ3) is 3.43. The molecular weight excluding hydrogens is 292 g/mol. The van der Waals surface area contributed by atoms with Crippen LogP contribution < -0.4 is 5.32 Å². The predicted molar refractivity (Wildman–Crippen MR) is 76.6 cm³/mol. The highest BCUT2D eigenvalue weighted by Gasteiger charge is 2.07. The number of benzene rings is 1. The van der Waals surface area contributed by atoms with Gasteiger partial charge in [-0.3, -0.25) is 0 Å².